The van der Waals surface area contributed by atoms with Crippen LogP contribution >= 0.6 is 31.7 Å². The van der Waals surface area contributed by atoms with E-state index in [4.69, 9.17) is 0 Å². The fourth-order valence-electron chi connectivity index (χ4n) is 8.38. The Balaban J connectivity index is 0.000000947. The molecule has 4 N–H and O–H groups in total. The first-order valence-corrected chi connectivity index (χ1v) is 31.5. The molecule has 58 heteroatoms. The minimum atomic E-state index is -6.00. The molecular formula is C52H12B2F48O2P4Pt2-2. The van der Waals surface area contributed by atoms with Crippen LogP contribution in [0.3, 0.4) is 0 Å². The van der Waals surface area contributed by atoms with Gasteiger partial charge in [0.2, 0.25) is 46.5 Å². The minimum absolute atomic E-state index is 0. The summed E-state index contributed by atoms with van der Waals surface area (Å²) in [5, 5.41) is -19.3. The van der Waals surface area contributed by atoms with Crippen molar-refractivity contribution >= 4 is 88.6 Å². The molecule has 110 heavy (non-hydrogen) atoms. The van der Waals surface area contributed by atoms with E-state index in [2.05, 4.69) is 0 Å². The Morgan fingerprint density at radius 3 is 0.227 bits per heavy atom. The number of hydrogen-bond acceptors (Lipinski definition) is 0. The molecule has 0 spiro atoms. The Hall–Kier alpha value is -6.45. The van der Waals surface area contributed by atoms with Crippen LogP contribution in [0, 0.1) is 233 Å². The summed E-state index contributed by atoms with van der Waals surface area (Å²) in [6, 6.07) is 0. The molecule has 0 atom stereocenters. The summed E-state index contributed by atoms with van der Waals surface area (Å²) >= 11 is 0. The summed E-state index contributed by atoms with van der Waals surface area (Å²) in [6.45, 7) is 0. The van der Waals surface area contributed by atoms with E-state index in [0.29, 0.717) is 0 Å². The molecule has 8 aromatic rings. The molecule has 0 radical (unpaired) electrons. The third kappa shape index (κ3) is 19.8. The molecule has 0 aliphatic carbocycles. The molecule has 0 saturated carbocycles. The van der Waals surface area contributed by atoms with Gasteiger partial charge >= 0.3 is 14.5 Å². The van der Waals surface area contributed by atoms with E-state index >= 15 is 0 Å². The van der Waals surface area contributed by atoms with E-state index in [1.54, 1.807) is 0 Å². The van der Waals surface area contributed by atoms with Gasteiger partial charge in [0.15, 0.2) is 186 Å². The number of halogens is 48. The van der Waals surface area contributed by atoms with Gasteiger partial charge in [-0.25, -0.2) is 176 Å². The predicted octanol–water partition coefficient (Wildman–Crippen LogP) is 17.0. The molecule has 0 bridgehead atoms. The normalized spacial score (nSPS) is 11.5. The summed E-state index contributed by atoms with van der Waals surface area (Å²) in [4.78, 5) is 0. The van der Waals surface area contributed by atoms with Crippen LogP contribution in [-0.2, 0) is 42.1 Å². The maximum atomic E-state index is 14.9. The van der Waals surface area contributed by atoms with E-state index in [1.165, 1.54) is 0 Å². The molecule has 8 rings (SSSR count). The van der Waals surface area contributed by atoms with Crippen LogP contribution in [0.4, 0.5) is 210 Å². The predicted molar refractivity (Wildman–Crippen MR) is 282 cm³/mol. The monoisotopic (exact) mass is 2120 g/mol. The largest absolute Gasteiger partial charge is 0.673 e. The van der Waals surface area contributed by atoms with Gasteiger partial charge in [0, 0.05) is 42.1 Å². The first kappa shape index (κ1) is 102. The first-order valence-electron chi connectivity index (χ1n) is 25.4. The van der Waals surface area contributed by atoms with Gasteiger partial charge in [-0.1, -0.05) is 0 Å². The SMILES string of the molecule is F[B-](F)(F)F.F[B-](F)(F)F.Fc1c(F)c(F)c(P(CCP(c2c(F)c(F)c(F)c(F)c2F)c2c(F)c(F)c(F)c(F)c2F)c2c(F)c(F)c(F)c(F)c2F)c(F)c1F.Fc1c(F)c(F)c(P(CCP(c2c(F)c(F)c(F)c(F)c2F)c2c(F)c(F)c(F)c(F)c2F)c2c(F)c(F)c(F)c(F)c2F)c(F)c1F.O.O.[Pt].[Pt]. The molecule has 0 aliphatic heterocycles. The second kappa shape index (κ2) is 38.6. The van der Waals surface area contributed by atoms with Crippen molar-refractivity contribution in [1.82, 2.24) is 0 Å². The van der Waals surface area contributed by atoms with Gasteiger partial charge in [0.1, 0.15) is 0 Å². The Labute approximate surface area is 607 Å². The van der Waals surface area contributed by atoms with Crippen molar-refractivity contribution in [2.75, 3.05) is 24.6 Å². The second-order valence-electron chi connectivity index (χ2n) is 18.9. The Kier molecular flexibility index (Phi) is 35.6. The molecule has 0 aromatic heterocycles. The summed E-state index contributed by atoms with van der Waals surface area (Å²) in [7, 11) is -29.6. The molecule has 2 nitrogen and oxygen atoms in total. The van der Waals surface area contributed by atoms with Gasteiger partial charge in [-0.05, 0) is 56.3 Å². The van der Waals surface area contributed by atoms with E-state index in [-0.39, 0.29) is 53.1 Å². The van der Waals surface area contributed by atoms with Crippen LogP contribution in [0.1, 0.15) is 0 Å². The average Bonchev–Trinajstić information content (AvgIpc) is 0.758. The van der Waals surface area contributed by atoms with Crippen LogP contribution in [-0.4, -0.2) is 50.1 Å². The zero-order chi connectivity index (χ0) is 81.9. The van der Waals surface area contributed by atoms with Crippen LogP contribution in [0.2, 0.25) is 0 Å². The Morgan fingerprint density at radius 1 is 0.127 bits per heavy atom. The van der Waals surface area contributed by atoms with Crippen molar-refractivity contribution in [2.24, 2.45) is 0 Å². The number of rotatable bonds is 14. The van der Waals surface area contributed by atoms with Crippen molar-refractivity contribution in [1.29, 1.82) is 0 Å². The minimum Gasteiger partial charge on any atom is -0.418 e. The maximum absolute atomic E-state index is 14.9. The molecule has 616 valence electrons. The third-order valence-electron chi connectivity index (χ3n) is 12.7. The van der Waals surface area contributed by atoms with E-state index < -0.39 is 346 Å². The summed E-state index contributed by atoms with van der Waals surface area (Å²) in [5.41, 5.74) is 0. The number of hydrogen-bond donors (Lipinski definition) is 0. The molecule has 0 saturated heterocycles. The quantitative estimate of drug-likeness (QED) is 0.0342. The topological polar surface area (TPSA) is 63.0 Å². The van der Waals surface area contributed by atoms with Crippen LogP contribution in [0.25, 0.3) is 0 Å². The van der Waals surface area contributed by atoms with Crippen molar-refractivity contribution in [2.45, 2.75) is 0 Å². The van der Waals surface area contributed by atoms with E-state index in [9.17, 15) is 210 Å². The van der Waals surface area contributed by atoms with Gasteiger partial charge in [0.05, 0.1) is 42.4 Å². The summed E-state index contributed by atoms with van der Waals surface area (Å²) < 4.78 is 652. The van der Waals surface area contributed by atoms with Crippen LogP contribution < -0.4 is 42.4 Å². The van der Waals surface area contributed by atoms with Crippen molar-refractivity contribution < 1.29 is 263 Å². The first-order chi connectivity index (χ1) is 48.4. The van der Waals surface area contributed by atoms with E-state index in [0.717, 1.165) is 0 Å². The Morgan fingerprint density at radius 2 is 0.173 bits per heavy atom. The molecule has 0 unspecified atom stereocenters. The van der Waals surface area contributed by atoms with Gasteiger partial charge < -0.3 is 45.5 Å². The van der Waals surface area contributed by atoms with Crippen molar-refractivity contribution in [3.8, 4) is 0 Å². The van der Waals surface area contributed by atoms with Crippen LogP contribution in [0.15, 0.2) is 0 Å². The van der Waals surface area contributed by atoms with Gasteiger partial charge in [-0.2, -0.15) is 0 Å². The van der Waals surface area contributed by atoms with Crippen molar-refractivity contribution in [3.63, 3.8) is 0 Å². The Bertz CT molecular complexity index is 3750. The van der Waals surface area contributed by atoms with Crippen LogP contribution in [0.5, 0.6) is 0 Å². The number of benzene rings is 8. The smallest absolute Gasteiger partial charge is 0.418 e. The maximum Gasteiger partial charge on any atom is 0.673 e. The zero-order valence-corrected chi connectivity index (χ0v) is 57.7. The van der Waals surface area contributed by atoms with E-state index in [1.807, 2.05) is 0 Å². The van der Waals surface area contributed by atoms with Crippen molar-refractivity contribution in [3.05, 3.63) is 233 Å². The zero-order valence-electron chi connectivity index (χ0n) is 49.5. The summed E-state index contributed by atoms with van der Waals surface area (Å²) in [6.07, 6.45) is -8.07. The average molecular weight is 2120 g/mol. The van der Waals surface area contributed by atoms with Gasteiger partial charge in [-0.3, -0.25) is 0 Å². The standard InChI is InChI=1S/2C26H4F20P2.2BF4.2H2O.2Pt/c2*27-3-7(31)15(39)23(16(40)8(3)32)47(24-17(41)9(33)4(28)10(34)18(24)42)1-2-48(25-19(43)11(35)5(29)12(36)20(25)44)26-21(45)13(37)6(30)14(38)22(26)46;2*2-1(3,4)5;;;;/h2*1-2H2;;;2*1H2;;/q;;2*-1;;;;. The molecular weight excluding hydrogens is 2100 g/mol. The second-order valence-corrected chi connectivity index (χ2v) is 27.7. The fraction of sp³-hybridized carbons (Fsp3) is 0.0769. The van der Waals surface area contributed by atoms with Gasteiger partial charge in [-0.15, -0.1) is 0 Å². The summed E-state index contributed by atoms with van der Waals surface area (Å²) in [5.74, 6) is -119. The third-order valence-corrected chi connectivity index (χ3v) is 23.6. The molecule has 0 heterocycles. The fourth-order valence-corrected chi connectivity index (χ4v) is 19.6. The molecule has 0 amide bonds. The van der Waals surface area contributed by atoms with Gasteiger partial charge in [0.25, 0.3) is 0 Å². The molecule has 8 aromatic carbocycles. The molecule has 0 aliphatic rings. The molecule has 0 fully saturated rings.